The molecular formula is C75H78O2. The van der Waals surface area contributed by atoms with E-state index in [9.17, 15) is 0 Å². The Balaban J connectivity index is 1.16. The Morgan fingerprint density at radius 2 is 0.701 bits per heavy atom. The Morgan fingerprint density at radius 1 is 0.325 bits per heavy atom. The molecule has 0 fully saturated rings. The zero-order valence-corrected chi connectivity index (χ0v) is 46.2. The zero-order valence-electron chi connectivity index (χ0n) is 46.2. The van der Waals surface area contributed by atoms with Gasteiger partial charge in [0.15, 0.2) is 0 Å². The first kappa shape index (κ1) is 54.1. The number of hydrogen-bond donors (Lipinski definition) is 0. The van der Waals surface area contributed by atoms with Gasteiger partial charge in [0.1, 0.15) is 11.5 Å². The molecule has 0 amide bonds. The summed E-state index contributed by atoms with van der Waals surface area (Å²) in [6.07, 6.45) is 31.0. The van der Waals surface area contributed by atoms with Crippen molar-refractivity contribution in [2.75, 3.05) is 14.2 Å². The van der Waals surface area contributed by atoms with Crippen LogP contribution < -0.4 is 9.47 Å². The predicted molar refractivity (Wildman–Crippen MR) is 332 cm³/mol. The number of methoxy groups -OCH3 is 2. The number of benzene rings is 8. The van der Waals surface area contributed by atoms with E-state index in [4.69, 9.17) is 9.47 Å². The second kappa shape index (κ2) is 27.4. The summed E-state index contributed by atoms with van der Waals surface area (Å²) >= 11 is 0. The van der Waals surface area contributed by atoms with Crippen LogP contribution in [0.2, 0.25) is 0 Å². The van der Waals surface area contributed by atoms with E-state index in [0.717, 1.165) is 52.2 Å². The van der Waals surface area contributed by atoms with Crippen molar-refractivity contribution in [1.82, 2.24) is 0 Å². The average molecular weight is 1010 g/mol. The van der Waals surface area contributed by atoms with E-state index in [1.807, 2.05) is 24.3 Å². The monoisotopic (exact) mass is 1010 g/mol. The normalized spacial score (nSPS) is 12.6. The molecule has 2 heteroatoms. The summed E-state index contributed by atoms with van der Waals surface area (Å²) in [4.78, 5) is 0. The summed E-state index contributed by atoms with van der Waals surface area (Å²) in [5, 5.41) is 0. The lowest BCUT2D eigenvalue weighted by Crippen LogP contribution is -2.26. The van der Waals surface area contributed by atoms with Crippen LogP contribution in [-0.4, -0.2) is 14.2 Å². The van der Waals surface area contributed by atoms with Crippen molar-refractivity contribution in [3.63, 3.8) is 0 Å². The Kier molecular flexibility index (Phi) is 19.3. The van der Waals surface area contributed by atoms with E-state index in [1.54, 1.807) is 14.2 Å². The van der Waals surface area contributed by atoms with Crippen molar-refractivity contribution in [2.24, 2.45) is 0 Å². The van der Waals surface area contributed by atoms with E-state index in [1.165, 1.54) is 138 Å². The fourth-order valence-electron chi connectivity index (χ4n) is 11.6. The lowest BCUT2D eigenvalue weighted by molar-refractivity contribution is 0.397. The fourth-order valence-corrected chi connectivity index (χ4v) is 11.6. The van der Waals surface area contributed by atoms with Gasteiger partial charge in [-0.1, -0.05) is 273 Å². The smallest absolute Gasteiger partial charge is 0.119 e. The topological polar surface area (TPSA) is 18.5 Å². The molecule has 77 heavy (non-hydrogen) atoms. The van der Waals surface area contributed by atoms with E-state index in [2.05, 4.69) is 220 Å². The Labute approximate surface area is 461 Å². The Morgan fingerprint density at radius 3 is 1.14 bits per heavy atom. The molecule has 2 nitrogen and oxygen atoms in total. The molecule has 1 aliphatic rings. The van der Waals surface area contributed by atoms with Crippen LogP contribution in [0.1, 0.15) is 171 Å². The summed E-state index contributed by atoms with van der Waals surface area (Å²) in [5.41, 5.74) is 20.0. The van der Waals surface area contributed by atoms with Gasteiger partial charge in [0.25, 0.3) is 0 Å². The molecule has 0 N–H and O–H groups in total. The lowest BCUT2D eigenvalue weighted by Gasteiger charge is -2.33. The quantitative estimate of drug-likeness (QED) is 0.0398. The standard InChI is InChI=1S/C75H78O2/c1-5-7-9-11-13-24-48-75(49-25-14-12-10-8-6-2)71-55-59(40-43-62-51-60(41-38-57-28-26-36-67(53-57)76-3)50-61(52-62)42-39-58-29-27-37-68(54-58)77-4)44-46-69(71)70-47-45-66(56-72(70)75)74(65-34-22-17-23-35-65)73(63-30-18-15-19-31-63)64-32-20-16-21-33-64/h15-23,26-47,50-56H,5-14,24-25,48-49H2,1-4H3/b41-38+,42-39+,43-40+. The van der Waals surface area contributed by atoms with Crippen molar-refractivity contribution in [2.45, 2.75) is 109 Å². The molecule has 0 aliphatic heterocycles. The highest BCUT2D eigenvalue weighted by molar-refractivity contribution is 6.05. The molecular weight excluding hydrogens is 933 g/mol. The largest absolute Gasteiger partial charge is 0.497 e. The first-order chi connectivity index (χ1) is 38.0. The SMILES string of the molecule is CCCCCCCCC1(CCCCCCCC)c2cc(/C=C/c3cc(/C=C/c4cccc(OC)c4)cc(/C=C/c4cccc(OC)c4)c3)ccc2-c2ccc(C(=C(c3ccccc3)c3ccccc3)c3ccccc3)cc21. The molecule has 8 aromatic rings. The summed E-state index contributed by atoms with van der Waals surface area (Å²) in [6, 6.07) is 71.4. The molecule has 8 aromatic carbocycles. The molecule has 0 bridgehead atoms. The van der Waals surface area contributed by atoms with Gasteiger partial charge in [-0.3, -0.25) is 0 Å². The summed E-state index contributed by atoms with van der Waals surface area (Å²) < 4.78 is 11.1. The van der Waals surface area contributed by atoms with Crippen LogP contribution in [0.5, 0.6) is 11.5 Å². The van der Waals surface area contributed by atoms with Crippen molar-refractivity contribution < 1.29 is 9.47 Å². The zero-order chi connectivity index (χ0) is 53.1. The lowest BCUT2D eigenvalue weighted by atomic mass is 9.69. The maximum atomic E-state index is 5.55. The van der Waals surface area contributed by atoms with Gasteiger partial charge in [-0.05, 0) is 150 Å². The van der Waals surface area contributed by atoms with Gasteiger partial charge >= 0.3 is 0 Å². The Hall–Kier alpha value is -7.68. The van der Waals surface area contributed by atoms with Crippen LogP contribution in [-0.2, 0) is 5.41 Å². The van der Waals surface area contributed by atoms with E-state index in [0.29, 0.717) is 0 Å². The second-order valence-electron chi connectivity index (χ2n) is 21.0. The molecule has 0 radical (unpaired) electrons. The first-order valence-electron chi connectivity index (χ1n) is 28.7. The third-order valence-electron chi connectivity index (χ3n) is 15.6. The minimum Gasteiger partial charge on any atom is -0.497 e. The minimum absolute atomic E-state index is 0.121. The number of rotatable bonds is 26. The fraction of sp³-hybridized carbons (Fsp3) is 0.253. The van der Waals surface area contributed by atoms with E-state index < -0.39 is 0 Å². The van der Waals surface area contributed by atoms with Crippen molar-refractivity contribution >= 4 is 47.6 Å². The van der Waals surface area contributed by atoms with Crippen LogP contribution in [0.15, 0.2) is 194 Å². The van der Waals surface area contributed by atoms with Crippen molar-refractivity contribution in [1.29, 1.82) is 0 Å². The molecule has 0 saturated heterocycles. The second-order valence-corrected chi connectivity index (χ2v) is 21.0. The molecule has 0 unspecified atom stereocenters. The van der Waals surface area contributed by atoms with E-state index >= 15 is 0 Å². The molecule has 1 aliphatic carbocycles. The number of unbranched alkanes of at least 4 members (excludes halogenated alkanes) is 10. The highest BCUT2D eigenvalue weighted by atomic mass is 16.5. The molecule has 0 spiro atoms. The third kappa shape index (κ3) is 13.8. The van der Waals surface area contributed by atoms with Gasteiger partial charge in [0.05, 0.1) is 14.2 Å². The van der Waals surface area contributed by atoms with Crippen LogP contribution in [0.25, 0.3) is 58.7 Å². The number of ether oxygens (including phenoxy) is 2. The van der Waals surface area contributed by atoms with Gasteiger partial charge in [0, 0.05) is 5.41 Å². The summed E-state index contributed by atoms with van der Waals surface area (Å²) in [5.74, 6) is 1.70. The minimum atomic E-state index is -0.121. The van der Waals surface area contributed by atoms with Crippen LogP contribution in [0.3, 0.4) is 0 Å². The molecule has 0 saturated carbocycles. The van der Waals surface area contributed by atoms with Crippen molar-refractivity contribution in [3.8, 4) is 22.6 Å². The van der Waals surface area contributed by atoms with E-state index in [-0.39, 0.29) is 5.41 Å². The number of fused-ring (bicyclic) bond motifs is 3. The molecule has 0 atom stereocenters. The highest BCUT2D eigenvalue weighted by Crippen LogP contribution is 2.56. The van der Waals surface area contributed by atoms with Crippen LogP contribution >= 0.6 is 0 Å². The van der Waals surface area contributed by atoms with Crippen LogP contribution in [0.4, 0.5) is 0 Å². The Bertz CT molecular complexity index is 3150. The van der Waals surface area contributed by atoms with Crippen molar-refractivity contribution in [3.05, 3.63) is 261 Å². The third-order valence-corrected chi connectivity index (χ3v) is 15.6. The maximum Gasteiger partial charge on any atom is 0.119 e. The molecule has 9 rings (SSSR count). The van der Waals surface area contributed by atoms with Gasteiger partial charge in [-0.15, -0.1) is 0 Å². The predicted octanol–water partition coefficient (Wildman–Crippen LogP) is 21.0. The van der Waals surface area contributed by atoms with Gasteiger partial charge < -0.3 is 9.47 Å². The average Bonchev–Trinajstić information content (AvgIpc) is 4.04. The first-order valence-corrected chi connectivity index (χ1v) is 28.7. The maximum absolute atomic E-state index is 5.55. The molecule has 0 aromatic heterocycles. The highest BCUT2D eigenvalue weighted by Gasteiger charge is 2.42. The van der Waals surface area contributed by atoms with Gasteiger partial charge in [-0.25, -0.2) is 0 Å². The van der Waals surface area contributed by atoms with Gasteiger partial charge in [-0.2, -0.15) is 0 Å². The molecule has 390 valence electrons. The summed E-state index contributed by atoms with van der Waals surface area (Å²) in [6.45, 7) is 4.64. The number of hydrogen-bond acceptors (Lipinski definition) is 2. The summed E-state index contributed by atoms with van der Waals surface area (Å²) in [7, 11) is 3.44. The van der Waals surface area contributed by atoms with Crippen LogP contribution in [0, 0.1) is 0 Å². The molecule has 0 heterocycles. The van der Waals surface area contributed by atoms with Gasteiger partial charge in [0.2, 0.25) is 0 Å².